The third-order valence-corrected chi connectivity index (χ3v) is 3.04. The van der Waals surface area contributed by atoms with E-state index in [-0.39, 0.29) is 11.3 Å². The molecule has 0 saturated heterocycles. The van der Waals surface area contributed by atoms with E-state index < -0.39 is 5.91 Å². The highest BCUT2D eigenvalue weighted by atomic mass is 35.5. The van der Waals surface area contributed by atoms with E-state index in [1.54, 1.807) is 24.3 Å². The topological polar surface area (TPSA) is 66.4 Å². The van der Waals surface area contributed by atoms with Gasteiger partial charge in [-0.15, -0.1) is 0 Å². The molecule has 0 bridgehead atoms. The number of nitrogens with one attached hydrogen (secondary N) is 1. The number of hydroxylamine groups is 1. The third-order valence-electron chi connectivity index (χ3n) is 2.81. The van der Waals surface area contributed by atoms with E-state index >= 15 is 0 Å². The van der Waals surface area contributed by atoms with Crippen molar-refractivity contribution in [1.82, 2.24) is 5.48 Å². The lowest BCUT2D eigenvalue weighted by Crippen LogP contribution is -2.18. The Morgan fingerprint density at radius 2 is 1.71 bits per heavy atom. The van der Waals surface area contributed by atoms with Crippen molar-refractivity contribution in [2.45, 2.75) is 0 Å². The number of halogens is 1. The first-order chi connectivity index (χ1) is 10.1. The molecule has 0 atom stereocenters. The molecule has 1 amide bonds. The second-order valence-electron chi connectivity index (χ2n) is 4.27. The van der Waals surface area contributed by atoms with Crippen LogP contribution < -0.4 is 5.48 Å². The molecule has 0 unspecified atom stereocenters. The Kier molecular flexibility index (Phi) is 4.87. The Balaban J connectivity index is 2.11. The smallest absolute Gasteiger partial charge is 0.274 e. The van der Waals surface area contributed by atoms with E-state index in [0.29, 0.717) is 10.6 Å². The van der Waals surface area contributed by atoms with Crippen LogP contribution in [0.1, 0.15) is 26.3 Å². The largest absolute Gasteiger partial charge is 0.289 e. The normalized spacial score (nSPS) is 10.6. The van der Waals surface area contributed by atoms with Crippen molar-refractivity contribution in [2.75, 3.05) is 0 Å². The van der Waals surface area contributed by atoms with Crippen molar-refractivity contribution in [1.29, 1.82) is 0 Å². The Morgan fingerprint density at radius 1 is 1.05 bits per heavy atom. The number of hydrogen-bond acceptors (Lipinski definition) is 3. The van der Waals surface area contributed by atoms with Gasteiger partial charge in [-0.05, 0) is 35.9 Å². The van der Waals surface area contributed by atoms with Crippen LogP contribution in [0, 0.1) is 0 Å². The van der Waals surface area contributed by atoms with Crippen molar-refractivity contribution in [3.05, 3.63) is 76.3 Å². The highest BCUT2D eigenvalue weighted by Crippen LogP contribution is 2.13. The van der Waals surface area contributed by atoms with Crippen LogP contribution in [0.4, 0.5) is 0 Å². The molecule has 21 heavy (non-hydrogen) atoms. The molecule has 0 aliphatic carbocycles. The molecule has 4 nitrogen and oxygen atoms in total. The number of rotatable bonds is 4. The highest BCUT2D eigenvalue weighted by molar-refractivity contribution is 6.30. The van der Waals surface area contributed by atoms with Gasteiger partial charge < -0.3 is 0 Å². The van der Waals surface area contributed by atoms with Crippen molar-refractivity contribution >= 4 is 29.4 Å². The van der Waals surface area contributed by atoms with Crippen LogP contribution in [0.2, 0.25) is 5.02 Å². The molecule has 0 aromatic heterocycles. The minimum Gasteiger partial charge on any atom is -0.289 e. The van der Waals surface area contributed by atoms with Crippen LogP contribution in [0.5, 0.6) is 0 Å². The first-order valence-corrected chi connectivity index (χ1v) is 6.50. The monoisotopic (exact) mass is 301 g/mol. The predicted octanol–water partition coefficient (Wildman–Crippen LogP) is 3.36. The zero-order chi connectivity index (χ0) is 15.2. The van der Waals surface area contributed by atoms with Crippen LogP contribution in [0.3, 0.4) is 0 Å². The molecular formula is C16H12ClNO3. The van der Waals surface area contributed by atoms with Gasteiger partial charge in [0.15, 0.2) is 5.78 Å². The maximum Gasteiger partial charge on any atom is 0.274 e. The lowest BCUT2D eigenvalue weighted by Gasteiger charge is -2.00. The van der Waals surface area contributed by atoms with Crippen LogP contribution in [-0.4, -0.2) is 16.9 Å². The quantitative estimate of drug-likeness (QED) is 0.394. The second-order valence-corrected chi connectivity index (χ2v) is 4.71. The molecule has 0 fully saturated rings. The van der Waals surface area contributed by atoms with E-state index in [9.17, 15) is 9.59 Å². The molecule has 2 N–H and O–H groups in total. The molecule has 0 aliphatic heterocycles. The maximum atomic E-state index is 12.0. The Hall–Kier alpha value is -2.43. The first kappa shape index (κ1) is 15.0. The van der Waals surface area contributed by atoms with Gasteiger partial charge in [0, 0.05) is 16.1 Å². The molecule has 0 saturated carbocycles. The van der Waals surface area contributed by atoms with E-state index in [2.05, 4.69) is 0 Å². The fraction of sp³-hybridized carbons (Fsp3) is 0. The van der Waals surface area contributed by atoms with Gasteiger partial charge in [-0.1, -0.05) is 41.9 Å². The Morgan fingerprint density at radius 3 is 2.33 bits per heavy atom. The number of carbonyl (C=O) groups is 2. The lowest BCUT2D eigenvalue weighted by molar-refractivity contribution is 0.0706. The van der Waals surface area contributed by atoms with Crippen molar-refractivity contribution < 1.29 is 14.8 Å². The summed E-state index contributed by atoms with van der Waals surface area (Å²) >= 11 is 5.86. The number of carbonyl (C=O) groups excluding carboxylic acids is 2. The summed E-state index contributed by atoms with van der Waals surface area (Å²) in [6, 6.07) is 13.1. The summed E-state index contributed by atoms with van der Waals surface area (Å²) in [4.78, 5) is 23.1. The third kappa shape index (κ3) is 4.02. The van der Waals surface area contributed by atoms with Gasteiger partial charge in [0.2, 0.25) is 0 Å². The molecule has 5 heteroatoms. The standard InChI is InChI=1S/C16H12ClNO3/c17-14-3-1-2-11(10-14)4-9-15(19)12-5-7-13(8-6-12)16(20)18-21/h1-10,21H,(H,18,20). The van der Waals surface area contributed by atoms with Gasteiger partial charge in [0.25, 0.3) is 5.91 Å². The molecule has 2 rings (SSSR count). The van der Waals surface area contributed by atoms with Gasteiger partial charge in [-0.25, -0.2) is 5.48 Å². The molecule has 106 valence electrons. The van der Waals surface area contributed by atoms with E-state index in [0.717, 1.165) is 5.56 Å². The number of hydrogen-bond donors (Lipinski definition) is 2. The lowest BCUT2D eigenvalue weighted by atomic mass is 10.1. The average Bonchev–Trinajstić information content (AvgIpc) is 2.52. The highest BCUT2D eigenvalue weighted by Gasteiger charge is 2.06. The van der Waals surface area contributed by atoms with E-state index in [1.165, 1.54) is 35.8 Å². The number of ketones is 1. The molecule has 2 aromatic rings. The SMILES string of the molecule is O=C(C=Cc1cccc(Cl)c1)c1ccc(C(=O)NO)cc1. The van der Waals surface area contributed by atoms with Crippen molar-refractivity contribution in [3.8, 4) is 0 Å². The van der Waals surface area contributed by atoms with E-state index in [1.807, 2.05) is 6.07 Å². The summed E-state index contributed by atoms with van der Waals surface area (Å²) in [7, 11) is 0. The first-order valence-electron chi connectivity index (χ1n) is 6.12. The van der Waals surface area contributed by atoms with Gasteiger partial charge in [0.05, 0.1) is 0 Å². The summed E-state index contributed by atoms with van der Waals surface area (Å²) in [6.45, 7) is 0. The summed E-state index contributed by atoms with van der Waals surface area (Å²) < 4.78 is 0. The predicted molar refractivity (Wildman–Crippen MR) is 80.5 cm³/mol. The van der Waals surface area contributed by atoms with Crippen LogP contribution in [-0.2, 0) is 0 Å². The van der Waals surface area contributed by atoms with Crippen LogP contribution in [0.25, 0.3) is 6.08 Å². The second kappa shape index (κ2) is 6.83. The Bertz CT molecular complexity index is 693. The summed E-state index contributed by atoms with van der Waals surface area (Å²) in [5.74, 6) is -0.811. The maximum absolute atomic E-state index is 12.0. The van der Waals surface area contributed by atoms with Crippen LogP contribution >= 0.6 is 11.6 Å². The van der Waals surface area contributed by atoms with Gasteiger partial charge in [-0.2, -0.15) is 0 Å². The number of benzene rings is 2. The number of amides is 1. The van der Waals surface area contributed by atoms with Gasteiger partial charge in [-0.3, -0.25) is 14.8 Å². The van der Waals surface area contributed by atoms with Crippen molar-refractivity contribution in [3.63, 3.8) is 0 Å². The summed E-state index contributed by atoms with van der Waals surface area (Å²) in [6.07, 6.45) is 3.11. The Labute approximate surface area is 126 Å². The zero-order valence-electron chi connectivity index (χ0n) is 10.9. The number of allylic oxidation sites excluding steroid dienone is 1. The fourth-order valence-corrected chi connectivity index (χ4v) is 1.93. The van der Waals surface area contributed by atoms with Gasteiger partial charge >= 0.3 is 0 Å². The van der Waals surface area contributed by atoms with E-state index in [4.69, 9.17) is 16.8 Å². The zero-order valence-corrected chi connectivity index (χ0v) is 11.7. The molecule has 0 spiro atoms. The molecular weight excluding hydrogens is 290 g/mol. The molecule has 0 aliphatic rings. The molecule has 0 heterocycles. The summed E-state index contributed by atoms with van der Waals surface area (Å²) in [5.41, 5.74) is 3.08. The molecule has 2 aromatic carbocycles. The fourth-order valence-electron chi connectivity index (χ4n) is 1.73. The van der Waals surface area contributed by atoms with Crippen LogP contribution in [0.15, 0.2) is 54.6 Å². The minimum atomic E-state index is -0.622. The minimum absolute atomic E-state index is 0.189. The molecule has 0 radical (unpaired) electrons. The summed E-state index contributed by atoms with van der Waals surface area (Å²) in [5, 5.41) is 9.11. The average molecular weight is 302 g/mol. The van der Waals surface area contributed by atoms with Crippen molar-refractivity contribution in [2.24, 2.45) is 0 Å². The van der Waals surface area contributed by atoms with Gasteiger partial charge in [0.1, 0.15) is 0 Å².